The maximum absolute atomic E-state index is 12.1. The Morgan fingerprint density at radius 1 is 1.32 bits per heavy atom. The van der Waals surface area contributed by atoms with E-state index in [0.717, 1.165) is 19.3 Å². The van der Waals surface area contributed by atoms with Gasteiger partial charge in [0.15, 0.2) is 5.60 Å². The van der Waals surface area contributed by atoms with Gasteiger partial charge in [-0.2, -0.15) is 0 Å². The van der Waals surface area contributed by atoms with Gasteiger partial charge in [-0.3, -0.25) is 0 Å². The predicted octanol–water partition coefficient (Wildman–Crippen LogP) is 1.41. The predicted molar refractivity (Wildman–Crippen MR) is 69.2 cm³/mol. The first-order valence-electron chi connectivity index (χ1n) is 7.02. The van der Waals surface area contributed by atoms with Crippen LogP contribution in [0.25, 0.3) is 0 Å². The third kappa shape index (κ3) is 1.39. The summed E-state index contributed by atoms with van der Waals surface area (Å²) in [6.45, 7) is 6.26. The van der Waals surface area contributed by atoms with E-state index < -0.39 is 23.1 Å². The molecule has 1 saturated carbocycles. The SMILES string of the molecule is CC1(C)CCC[C@@]2(C)[C@H]1[C@H](O)C=C1COC(=O)C12O. The summed E-state index contributed by atoms with van der Waals surface area (Å²) in [5.74, 6) is -0.677. The van der Waals surface area contributed by atoms with Gasteiger partial charge in [-0.15, -0.1) is 0 Å². The molecule has 0 amide bonds. The maximum atomic E-state index is 12.1. The van der Waals surface area contributed by atoms with Gasteiger partial charge in [-0.1, -0.05) is 27.2 Å². The molecule has 0 aromatic heterocycles. The van der Waals surface area contributed by atoms with E-state index in [9.17, 15) is 15.0 Å². The molecule has 3 aliphatic rings. The molecule has 4 heteroatoms. The fourth-order valence-electron chi connectivity index (χ4n) is 4.88. The Balaban J connectivity index is 2.20. The highest BCUT2D eigenvalue weighted by molar-refractivity contribution is 5.88. The molecule has 0 spiro atoms. The van der Waals surface area contributed by atoms with Gasteiger partial charge in [0, 0.05) is 16.9 Å². The van der Waals surface area contributed by atoms with Gasteiger partial charge in [-0.05, 0) is 24.3 Å². The van der Waals surface area contributed by atoms with Gasteiger partial charge in [0.05, 0.1) is 6.10 Å². The first-order valence-corrected chi connectivity index (χ1v) is 7.02. The average Bonchev–Trinajstić information content (AvgIpc) is 2.57. The second-order valence-electron chi connectivity index (χ2n) is 7.21. The van der Waals surface area contributed by atoms with Gasteiger partial charge in [0.25, 0.3) is 0 Å². The highest BCUT2D eigenvalue weighted by atomic mass is 16.6. The van der Waals surface area contributed by atoms with E-state index >= 15 is 0 Å². The fourth-order valence-corrected chi connectivity index (χ4v) is 4.88. The Kier molecular flexibility index (Phi) is 2.50. The van der Waals surface area contributed by atoms with Crippen molar-refractivity contribution in [3.8, 4) is 0 Å². The van der Waals surface area contributed by atoms with Gasteiger partial charge in [0.1, 0.15) is 6.61 Å². The molecule has 1 aliphatic heterocycles. The van der Waals surface area contributed by atoms with Crippen LogP contribution in [0.5, 0.6) is 0 Å². The number of cyclic esters (lactones) is 1. The first kappa shape index (κ1) is 13.1. The number of rotatable bonds is 0. The van der Waals surface area contributed by atoms with Gasteiger partial charge in [-0.25, -0.2) is 4.79 Å². The zero-order chi connectivity index (χ0) is 14.1. The summed E-state index contributed by atoms with van der Waals surface area (Å²) in [5, 5.41) is 21.5. The zero-order valence-electron chi connectivity index (χ0n) is 11.8. The molecule has 4 nitrogen and oxygen atoms in total. The molecule has 2 aliphatic carbocycles. The Hall–Kier alpha value is -0.870. The summed E-state index contributed by atoms with van der Waals surface area (Å²) in [7, 11) is 0. The molecule has 0 aromatic rings. The Morgan fingerprint density at radius 3 is 2.68 bits per heavy atom. The molecule has 3 rings (SSSR count). The van der Waals surface area contributed by atoms with Crippen LogP contribution < -0.4 is 0 Å². The normalized spacial score (nSPS) is 48.1. The maximum Gasteiger partial charge on any atom is 0.343 e. The van der Waals surface area contributed by atoms with Crippen LogP contribution in [0, 0.1) is 16.7 Å². The summed E-state index contributed by atoms with van der Waals surface area (Å²) in [6, 6.07) is 0. The second-order valence-corrected chi connectivity index (χ2v) is 7.21. The van der Waals surface area contributed by atoms with Crippen LogP contribution in [0.1, 0.15) is 40.0 Å². The molecule has 2 N–H and O–H groups in total. The second kappa shape index (κ2) is 3.61. The molecular formula is C15H22O4. The number of carbonyl (C=O) groups is 1. The van der Waals surface area contributed by atoms with Crippen LogP contribution in [-0.4, -0.2) is 34.5 Å². The summed E-state index contributed by atoms with van der Waals surface area (Å²) >= 11 is 0. The van der Waals surface area contributed by atoms with E-state index in [4.69, 9.17) is 4.74 Å². The smallest absolute Gasteiger partial charge is 0.343 e. The molecule has 1 heterocycles. The summed E-state index contributed by atoms with van der Waals surface area (Å²) in [6.07, 6.45) is 3.71. The van der Waals surface area contributed by atoms with E-state index in [-0.39, 0.29) is 17.9 Å². The third-order valence-electron chi connectivity index (χ3n) is 5.70. The Labute approximate surface area is 113 Å². The highest BCUT2D eigenvalue weighted by Gasteiger charge is 2.68. The number of esters is 1. The topological polar surface area (TPSA) is 66.8 Å². The molecule has 0 radical (unpaired) electrons. The number of carbonyl (C=O) groups excluding carboxylic acids is 1. The number of aliphatic hydroxyl groups excluding tert-OH is 1. The summed E-state index contributed by atoms with van der Waals surface area (Å²) in [4.78, 5) is 12.1. The summed E-state index contributed by atoms with van der Waals surface area (Å²) < 4.78 is 5.07. The van der Waals surface area contributed by atoms with Crippen molar-refractivity contribution < 1.29 is 19.7 Å². The molecule has 106 valence electrons. The Bertz CT molecular complexity index is 467. The van der Waals surface area contributed by atoms with E-state index in [1.807, 2.05) is 6.92 Å². The molecule has 4 atom stereocenters. The lowest BCUT2D eigenvalue weighted by molar-refractivity contribution is -0.189. The van der Waals surface area contributed by atoms with Crippen molar-refractivity contribution in [1.82, 2.24) is 0 Å². The molecular weight excluding hydrogens is 244 g/mol. The fraction of sp³-hybridized carbons (Fsp3) is 0.800. The highest BCUT2D eigenvalue weighted by Crippen LogP contribution is 2.62. The lowest BCUT2D eigenvalue weighted by Gasteiger charge is -2.58. The van der Waals surface area contributed by atoms with Crippen molar-refractivity contribution in [2.24, 2.45) is 16.7 Å². The lowest BCUT2D eigenvalue weighted by atomic mass is 9.46. The van der Waals surface area contributed by atoms with Crippen molar-refractivity contribution in [2.45, 2.75) is 51.7 Å². The molecule has 2 fully saturated rings. The van der Waals surface area contributed by atoms with E-state index in [2.05, 4.69) is 13.8 Å². The van der Waals surface area contributed by atoms with Gasteiger partial charge < -0.3 is 14.9 Å². The molecule has 1 unspecified atom stereocenters. The number of ether oxygens (including phenoxy) is 1. The zero-order valence-corrected chi connectivity index (χ0v) is 11.8. The largest absolute Gasteiger partial charge is 0.459 e. The van der Waals surface area contributed by atoms with Crippen LogP contribution >= 0.6 is 0 Å². The molecule has 19 heavy (non-hydrogen) atoms. The number of hydrogen-bond acceptors (Lipinski definition) is 4. The van der Waals surface area contributed by atoms with E-state index in [1.165, 1.54) is 0 Å². The van der Waals surface area contributed by atoms with Crippen LogP contribution in [0.2, 0.25) is 0 Å². The van der Waals surface area contributed by atoms with Crippen molar-refractivity contribution in [3.63, 3.8) is 0 Å². The Morgan fingerprint density at radius 2 is 2.00 bits per heavy atom. The van der Waals surface area contributed by atoms with Crippen LogP contribution in [-0.2, 0) is 9.53 Å². The minimum Gasteiger partial charge on any atom is -0.459 e. The third-order valence-corrected chi connectivity index (χ3v) is 5.70. The quantitative estimate of drug-likeness (QED) is 0.514. The van der Waals surface area contributed by atoms with Crippen molar-refractivity contribution in [1.29, 1.82) is 0 Å². The number of fused-ring (bicyclic) bond motifs is 3. The van der Waals surface area contributed by atoms with Gasteiger partial charge in [0.2, 0.25) is 0 Å². The lowest BCUT2D eigenvalue weighted by Crippen LogP contribution is -2.64. The average molecular weight is 266 g/mol. The van der Waals surface area contributed by atoms with Gasteiger partial charge >= 0.3 is 5.97 Å². The molecule has 1 saturated heterocycles. The van der Waals surface area contributed by atoms with E-state index in [1.54, 1.807) is 6.08 Å². The van der Waals surface area contributed by atoms with Crippen molar-refractivity contribution in [2.75, 3.05) is 6.61 Å². The molecule has 0 bridgehead atoms. The van der Waals surface area contributed by atoms with Crippen molar-refractivity contribution in [3.05, 3.63) is 11.6 Å². The molecule has 0 aromatic carbocycles. The number of aliphatic hydroxyl groups is 2. The minimum absolute atomic E-state index is 0.104. The minimum atomic E-state index is -1.55. The van der Waals surface area contributed by atoms with E-state index in [0.29, 0.717) is 5.57 Å². The van der Waals surface area contributed by atoms with Crippen LogP contribution in [0.4, 0.5) is 0 Å². The van der Waals surface area contributed by atoms with Crippen LogP contribution in [0.15, 0.2) is 11.6 Å². The van der Waals surface area contributed by atoms with Crippen LogP contribution in [0.3, 0.4) is 0 Å². The standard InChI is InChI=1S/C15H22O4/c1-13(2)5-4-6-14(3)11(13)10(16)7-9-8-19-12(17)15(9,14)18/h7,10-11,16,18H,4-6,8H2,1-3H3/t10-,11+,14+,15?/m1/s1. The first-order chi connectivity index (χ1) is 8.73. The number of hydrogen-bond donors (Lipinski definition) is 2. The summed E-state index contributed by atoms with van der Waals surface area (Å²) in [5.41, 5.74) is -1.76. The van der Waals surface area contributed by atoms with Crippen molar-refractivity contribution >= 4 is 5.97 Å². The monoisotopic (exact) mass is 266 g/mol.